The molecule has 0 saturated carbocycles. The third-order valence-corrected chi connectivity index (χ3v) is 2.33. The first-order valence-electron chi connectivity index (χ1n) is 4.58. The molecule has 0 amide bonds. The molecule has 0 aliphatic carbocycles. The van der Waals surface area contributed by atoms with E-state index in [-0.39, 0.29) is 0 Å². The van der Waals surface area contributed by atoms with Gasteiger partial charge in [-0.2, -0.15) is 0 Å². The molecule has 0 aliphatic heterocycles. The number of halogens is 1. The largest absolute Gasteiger partial charge is 0.371 e. The number of nitrogens with zero attached hydrogens (tertiary/aromatic N) is 3. The van der Waals surface area contributed by atoms with E-state index in [0.717, 1.165) is 6.92 Å². The van der Waals surface area contributed by atoms with Gasteiger partial charge in [-0.25, -0.2) is 0 Å². The van der Waals surface area contributed by atoms with E-state index in [1.165, 1.54) is 0 Å². The maximum atomic E-state index is 10.8. The fourth-order valence-corrected chi connectivity index (χ4v) is 1.65. The molecule has 0 aromatic heterocycles. The summed E-state index contributed by atoms with van der Waals surface area (Å²) in [6.07, 6.45) is 0. The number of rotatable bonds is 4. The highest BCUT2D eigenvalue weighted by Crippen LogP contribution is 2.42. The molecule has 1 rings (SSSR count). The molecule has 102 valence electrons. The van der Waals surface area contributed by atoms with Crippen LogP contribution in [-0.4, -0.2) is 19.9 Å². The van der Waals surface area contributed by atoms with Crippen molar-refractivity contribution >= 4 is 28.7 Å². The van der Waals surface area contributed by atoms with Crippen molar-refractivity contribution in [3.8, 4) is 0 Å². The number of nitro groups is 3. The third kappa shape index (κ3) is 2.92. The van der Waals surface area contributed by atoms with Gasteiger partial charge in [-0.1, -0.05) is 11.6 Å². The summed E-state index contributed by atoms with van der Waals surface area (Å²) in [5.41, 5.74) is -3.65. The van der Waals surface area contributed by atoms with Crippen molar-refractivity contribution < 1.29 is 19.9 Å². The molecular formula is C8H6ClN3O7. The quantitative estimate of drug-likeness (QED) is 0.504. The molecule has 0 heterocycles. The first-order chi connectivity index (χ1) is 8.55. The highest BCUT2D eigenvalue weighted by atomic mass is 35.5. The van der Waals surface area contributed by atoms with Gasteiger partial charge in [-0.3, -0.25) is 30.3 Å². The molecule has 1 atom stereocenters. The minimum atomic E-state index is -2.42. The lowest BCUT2D eigenvalue weighted by Gasteiger charge is -2.14. The Morgan fingerprint density at radius 2 is 1.42 bits per heavy atom. The number of hydrogen-bond donors (Lipinski definition) is 1. The zero-order valence-electron chi connectivity index (χ0n) is 9.27. The van der Waals surface area contributed by atoms with Crippen LogP contribution in [0, 0.1) is 30.3 Å². The minimum Gasteiger partial charge on any atom is -0.371 e. The van der Waals surface area contributed by atoms with Crippen molar-refractivity contribution in [2.24, 2.45) is 0 Å². The lowest BCUT2D eigenvalue weighted by atomic mass is 10.0. The molecule has 0 radical (unpaired) electrons. The fraction of sp³-hybridized carbons (Fsp3) is 0.250. The maximum Gasteiger partial charge on any atom is 0.290 e. The topological polar surface area (TPSA) is 150 Å². The molecule has 1 N–H and O–H groups in total. The SMILES string of the molecule is CC(O)(Cl)c1c([N+](=O)[O-])cc([N+](=O)[O-])cc1[N+](=O)[O-]. The van der Waals surface area contributed by atoms with Crippen molar-refractivity contribution in [3.63, 3.8) is 0 Å². The van der Waals surface area contributed by atoms with Crippen LogP contribution in [0.2, 0.25) is 0 Å². The Bertz CT molecular complexity index is 545. The lowest BCUT2D eigenvalue weighted by Crippen LogP contribution is -2.17. The first kappa shape index (κ1) is 14.7. The van der Waals surface area contributed by atoms with Gasteiger partial charge in [0, 0.05) is 0 Å². The van der Waals surface area contributed by atoms with E-state index in [2.05, 4.69) is 0 Å². The normalized spacial score (nSPS) is 13.6. The predicted octanol–water partition coefficient (Wildman–Crippen LogP) is 1.82. The number of hydrogen-bond acceptors (Lipinski definition) is 7. The summed E-state index contributed by atoms with van der Waals surface area (Å²) in [6, 6.07) is 0.998. The summed E-state index contributed by atoms with van der Waals surface area (Å²) in [6.45, 7) is 0.885. The Balaban J connectivity index is 3.81. The van der Waals surface area contributed by atoms with Crippen LogP contribution in [0.3, 0.4) is 0 Å². The highest BCUT2D eigenvalue weighted by molar-refractivity contribution is 6.23. The van der Waals surface area contributed by atoms with E-state index >= 15 is 0 Å². The Hall–Kier alpha value is -2.33. The Kier molecular flexibility index (Phi) is 3.68. The summed E-state index contributed by atoms with van der Waals surface area (Å²) in [5, 5.41) is 39.3. The molecule has 1 aromatic carbocycles. The summed E-state index contributed by atoms with van der Waals surface area (Å²) in [7, 11) is 0. The van der Waals surface area contributed by atoms with Gasteiger partial charge in [-0.15, -0.1) is 0 Å². The molecular weight excluding hydrogens is 286 g/mol. The van der Waals surface area contributed by atoms with Gasteiger partial charge in [-0.05, 0) is 6.92 Å². The van der Waals surface area contributed by atoms with E-state index in [1.54, 1.807) is 0 Å². The highest BCUT2D eigenvalue weighted by Gasteiger charge is 2.40. The van der Waals surface area contributed by atoms with E-state index in [4.69, 9.17) is 11.6 Å². The number of benzene rings is 1. The summed E-state index contributed by atoms with van der Waals surface area (Å²) in [5.74, 6) is 0. The third-order valence-electron chi connectivity index (χ3n) is 2.14. The zero-order valence-corrected chi connectivity index (χ0v) is 10.0. The second-order valence-corrected chi connectivity index (χ2v) is 4.32. The van der Waals surface area contributed by atoms with Crippen molar-refractivity contribution in [1.82, 2.24) is 0 Å². The van der Waals surface area contributed by atoms with Crippen LogP contribution < -0.4 is 0 Å². The molecule has 19 heavy (non-hydrogen) atoms. The smallest absolute Gasteiger partial charge is 0.290 e. The molecule has 1 unspecified atom stereocenters. The summed E-state index contributed by atoms with van der Waals surface area (Å²) >= 11 is 5.47. The van der Waals surface area contributed by atoms with E-state index in [9.17, 15) is 35.4 Å². The van der Waals surface area contributed by atoms with Gasteiger partial charge in [0.1, 0.15) is 0 Å². The van der Waals surface area contributed by atoms with Crippen LogP contribution in [0.25, 0.3) is 0 Å². The second-order valence-electron chi connectivity index (χ2n) is 3.58. The van der Waals surface area contributed by atoms with Gasteiger partial charge in [0.25, 0.3) is 17.1 Å². The van der Waals surface area contributed by atoms with E-state index in [1.807, 2.05) is 0 Å². The molecule has 11 heteroatoms. The molecule has 0 bridgehead atoms. The van der Waals surface area contributed by atoms with Crippen LogP contribution in [-0.2, 0) is 5.06 Å². The van der Waals surface area contributed by atoms with Gasteiger partial charge >= 0.3 is 0 Å². The summed E-state index contributed by atoms with van der Waals surface area (Å²) < 4.78 is 0. The molecule has 10 nitrogen and oxygen atoms in total. The van der Waals surface area contributed by atoms with Crippen molar-refractivity contribution in [2.75, 3.05) is 0 Å². The van der Waals surface area contributed by atoms with Crippen LogP contribution in [0.15, 0.2) is 12.1 Å². The van der Waals surface area contributed by atoms with Crippen LogP contribution in [0.5, 0.6) is 0 Å². The first-order valence-corrected chi connectivity index (χ1v) is 4.96. The van der Waals surface area contributed by atoms with Gasteiger partial charge in [0.15, 0.2) is 10.6 Å². The Morgan fingerprint density at radius 3 is 1.63 bits per heavy atom. The van der Waals surface area contributed by atoms with Crippen LogP contribution in [0.4, 0.5) is 17.1 Å². The van der Waals surface area contributed by atoms with Crippen molar-refractivity contribution in [2.45, 2.75) is 12.0 Å². The zero-order chi connectivity index (χ0) is 15.0. The number of non-ortho nitro benzene ring substituents is 1. The number of nitro benzene ring substituents is 3. The summed E-state index contributed by atoms with van der Waals surface area (Å²) in [4.78, 5) is 29.0. The van der Waals surface area contributed by atoms with E-state index < -0.39 is 42.5 Å². The molecule has 0 spiro atoms. The average molecular weight is 292 g/mol. The average Bonchev–Trinajstić information content (AvgIpc) is 2.25. The minimum absolute atomic E-state index is 0.499. The molecule has 1 aromatic rings. The lowest BCUT2D eigenvalue weighted by molar-refractivity contribution is -0.405. The van der Waals surface area contributed by atoms with Crippen LogP contribution >= 0.6 is 11.6 Å². The predicted molar refractivity (Wildman–Crippen MR) is 61.8 cm³/mol. The molecule has 0 saturated heterocycles. The van der Waals surface area contributed by atoms with Gasteiger partial charge < -0.3 is 5.11 Å². The maximum absolute atomic E-state index is 10.8. The fourth-order valence-electron chi connectivity index (χ4n) is 1.46. The molecule has 0 aliphatic rings. The Labute approximate surface area is 109 Å². The second kappa shape index (κ2) is 4.74. The number of alkyl halides is 1. The standard InChI is InChI=1S/C8H6ClN3O7/c1-8(9,13)7-5(11(16)17)2-4(10(14)15)3-6(7)12(18)19/h2-3,13H,1H3. The Morgan fingerprint density at radius 1 is 1.05 bits per heavy atom. The monoisotopic (exact) mass is 291 g/mol. The number of aliphatic hydroxyl groups is 1. The van der Waals surface area contributed by atoms with Gasteiger partial charge in [0.05, 0.1) is 26.9 Å². The van der Waals surface area contributed by atoms with Crippen molar-refractivity contribution in [1.29, 1.82) is 0 Å². The molecule has 0 fully saturated rings. The van der Waals surface area contributed by atoms with Crippen molar-refractivity contribution in [3.05, 3.63) is 48.0 Å². The van der Waals surface area contributed by atoms with Gasteiger partial charge in [0.2, 0.25) is 0 Å². The van der Waals surface area contributed by atoms with E-state index in [0.29, 0.717) is 12.1 Å². The van der Waals surface area contributed by atoms with Crippen LogP contribution in [0.1, 0.15) is 12.5 Å².